The van der Waals surface area contributed by atoms with E-state index < -0.39 is 0 Å². The van der Waals surface area contributed by atoms with Gasteiger partial charge in [-0.2, -0.15) is 0 Å². The van der Waals surface area contributed by atoms with Gasteiger partial charge in [0.05, 0.1) is 0 Å². The predicted octanol–water partition coefficient (Wildman–Crippen LogP) is 4.41. The summed E-state index contributed by atoms with van der Waals surface area (Å²) in [4.78, 5) is 0. The molecule has 0 heteroatoms. The SMILES string of the molecule is C=CC(C)c1c(CC)cc(C)cc1CC. The van der Waals surface area contributed by atoms with Gasteiger partial charge in [0, 0.05) is 0 Å². The quantitative estimate of drug-likeness (QED) is 0.634. The summed E-state index contributed by atoms with van der Waals surface area (Å²) in [7, 11) is 0. The van der Waals surface area contributed by atoms with Gasteiger partial charge in [0.25, 0.3) is 0 Å². The van der Waals surface area contributed by atoms with Gasteiger partial charge in [-0.25, -0.2) is 0 Å². The Balaban J connectivity index is 3.36. The normalized spacial score (nSPS) is 12.5. The molecule has 0 fully saturated rings. The van der Waals surface area contributed by atoms with Gasteiger partial charge in [-0.1, -0.05) is 44.5 Å². The average molecular weight is 202 g/mol. The maximum Gasteiger partial charge on any atom is -0.000766 e. The highest BCUT2D eigenvalue weighted by Crippen LogP contribution is 2.27. The minimum atomic E-state index is 0.468. The van der Waals surface area contributed by atoms with Gasteiger partial charge >= 0.3 is 0 Å². The summed E-state index contributed by atoms with van der Waals surface area (Å²) in [6.07, 6.45) is 4.27. The lowest BCUT2D eigenvalue weighted by atomic mass is 9.87. The van der Waals surface area contributed by atoms with Crippen LogP contribution in [0.3, 0.4) is 0 Å². The topological polar surface area (TPSA) is 0 Å². The first-order valence-electron chi connectivity index (χ1n) is 5.88. The Hall–Kier alpha value is -1.04. The predicted molar refractivity (Wildman–Crippen MR) is 68.5 cm³/mol. The molecule has 0 amide bonds. The Kier molecular flexibility index (Phi) is 4.14. The molecule has 0 nitrogen and oxygen atoms in total. The van der Waals surface area contributed by atoms with Crippen LogP contribution >= 0.6 is 0 Å². The van der Waals surface area contributed by atoms with E-state index in [9.17, 15) is 0 Å². The van der Waals surface area contributed by atoms with Crippen molar-refractivity contribution in [3.05, 3.63) is 47.0 Å². The number of allylic oxidation sites excluding steroid dienone is 1. The molecule has 1 rings (SSSR count). The van der Waals surface area contributed by atoms with Gasteiger partial charge in [0.15, 0.2) is 0 Å². The third-order valence-electron chi connectivity index (χ3n) is 3.07. The first-order valence-corrected chi connectivity index (χ1v) is 5.88. The highest BCUT2D eigenvalue weighted by atomic mass is 14.2. The maximum absolute atomic E-state index is 3.91. The molecule has 15 heavy (non-hydrogen) atoms. The second kappa shape index (κ2) is 5.16. The lowest BCUT2D eigenvalue weighted by Crippen LogP contribution is -2.02. The van der Waals surface area contributed by atoms with Crippen molar-refractivity contribution in [2.75, 3.05) is 0 Å². The average Bonchev–Trinajstić information content (AvgIpc) is 2.26. The summed E-state index contributed by atoms with van der Waals surface area (Å²) < 4.78 is 0. The van der Waals surface area contributed by atoms with Crippen LogP contribution in [0.15, 0.2) is 24.8 Å². The smallest absolute Gasteiger partial charge is 0.000766 e. The lowest BCUT2D eigenvalue weighted by Gasteiger charge is -2.18. The van der Waals surface area contributed by atoms with E-state index in [2.05, 4.69) is 46.4 Å². The van der Waals surface area contributed by atoms with Crippen molar-refractivity contribution < 1.29 is 0 Å². The third kappa shape index (κ3) is 2.50. The molecule has 82 valence electrons. The van der Waals surface area contributed by atoms with E-state index in [1.54, 1.807) is 0 Å². The second-order valence-electron chi connectivity index (χ2n) is 4.23. The Morgan fingerprint density at radius 1 is 1.20 bits per heavy atom. The Morgan fingerprint density at radius 2 is 1.67 bits per heavy atom. The second-order valence-corrected chi connectivity index (χ2v) is 4.23. The summed E-state index contributed by atoms with van der Waals surface area (Å²) in [5.74, 6) is 0.468. The minimum Gasteiger partial charge on any atom is -0.102 e. The molecular formula is C15H22. The van der Waals surface area contributed by atoms with E-state index in [-0.39, 0.29) is 0 Å². The van der Waals surface area contributed by atoms with E-state index >= 15 is 0 Å². The van der Waals surface area contributed by atoms with Crippen molar-refractivity contribution in [3.63, 3.8) is 0 Å². The largest absolute Gasteiger partial charge is 0.102 e. The molecule has 0 N–H and O–H groups in total. The van der Waals surface area contributed by atoms with Crippen LogP contribution in [0.4, 0.5) is 0 Å². The first-order chi connectivity index (χ1) is 7.13. The summed E-state index contributed by atoms with van der Waals surface area (Å²) in [6, 6.07) is 4.63. The lowest BCUT2D eigenvalue weighted by molar-refractivity contribution is 0.893. The number of benzene rings is 1. The molecule has 0 aliphatic heterocycles. The zero-order valence-electron chi connectivity index (χ0n) is 10.4. The Bertz CT molecular complexity index is 322. The molecule has 1 unspecified atom stereocenters. The molecule has 1 aromatic rings. The van der Waals surface area contributed by atoms with Crippen LogP contribution in [-0.4, -0.2) is 0 Å². The van der Waals surface area contributed by atoms with Crippen LogP contribution in [0.25, 0.3) is 0 Å². The molecule has 0 radical (unpaired) electrons. The molecular weight excluding hydrogens is 180 g/mol. The molecule has 0 aromatic heterocycles. The molecule has 0 bridgehead atoms. The van der Waals surface area contributed by atoms with Crippen LogP contribution < -0.4 is 0 Å². The summed E-state index contributed by atoms with van der Waals surface area (Å²) in [5, 5.41) is 0. The third-order valence-corrected chi connectivity index (χ3v) is 3.07. The van der Waals surface area contributed by atoms with Gasteiger partial charge in [0.1, 0.15) is 0 Å². The van der Waals surface area contributed by atoms with Crippen LogP contribution in [0.2, 0.25) is 0 Å². The highest BCUT2D eigenvalue weighted by molar-refractivity contribution is 5.42. The zero-order valence-corrected chi connectivity index (χ0v) is 10.4. The van der Waals surface area contributed by atoms with E-state index in [4.69, 9.17) is 0 Å². The number of rotatable bonds is 4. The maximum atomic E-state index is 3.91. The van der Waals surface area contributed by atoms with Crippen molar-refractivity contribution >= 4 is 0 Å². The molecule has 0 saturated heterocycles. The van der Waals surface area contributed by atoms with Gasteiger partial charge < -0.3 is 0 Å². The van der Waals surface area contributed by atoms with Gasteiger partial charge in [-0.3, -0.25) is 0 Å². The van der Waals surface area contributed by atoms with E-state index in [0.717, 1.165) is 12.8 Å². The van der Waals surface area contributed by atoms with Crippen molar-refractivity contribution in [3.8, 4) is 0 Å². The Labute approximate surface area is 94.0 Å². The van der Waals surface area contributed by atoms with Crippen molar-refractivity contribution in [1.82, 2.24) is 0 Å². The molecule has 0 aliphatic rings. The molecule has 0 heterocycles. The molecule has 0 aliphatic carbocycles. The van der Waals surface area contributed by atoms with Crippen LogP contribution in [-0.2, 0) is 12.8 Å². The first kappa shape index (κ1) is 12.0. The number of hydrogen-bond acceptors (Lipinski definition) is 0. The van der Waals surface area contributed by atoms with Gasteiger partial charge in [-0.15, -0.1) is 6.58 Å². The fraction of sp³-hybridized carbons (Fsp3) is 0.467. The van der Waals surface area contributed by atoms with E-state index in [1.807, 2.05) is 6.08 Å². The van der Waals surface area contributed by atoms with Crippen molar-refractivity contribution in [2.45, 2.75) is 46.5 Å². The number of hydrogen-bond donors (Lipinski definition) is 0. The van der Waals surface area contributed by atoms with Crippen LogP contribution in [0, 0.1) is 6.92 Å². The standard InChI is InChI=1S/C15H22/c1-6-12(5)15-13(7-2)9-11(4)10-14(15)8-3/h6,9-10,12H,1,7-8H2,2-5H3. The summed E-state index contributed by atoms with van der Waals surface area (Å²) in [6.45, 7) is 12.8. The summed E-state index contributed by atoms with van der Waals surface area (Å²) >= 11 is 0. The van der Waals surface area contributed by atoms with Crippen molar-refractivity contribution in [1.29, 1.82) is 0 Å². The van der Waals surface area contributed by atoms with Gasteiger partial charge in [-0.05, 0) is 42.4 Å². The van der Waals surface area contributed by atoms with Crippen LogP contribution in [0.5, 0.6) is 0 Å². The van der Waals surface area contributed by atoms with Crippen molar-refractivity contribution in [2.24, 2.45) is 0 Å². The molecule has 1 atom stereocenters. The van der Waals surface area contributed by atoms with E-state index in [1.165, 1.54) is 22.3 Å². The molecule has 1 aromatic carbocycles. The fourth-order valence-electron chi connectivity index (χ4n) is 2.24. The Morgan fingerprint density at radius 3 is 2.00 bits per heavy atom. The van der Waals surface area contributed by atoms with Crippen LogP contribution in [0.1, 0.15) is 48.9 Å². The minimum absolute atomic E-state index is 0.468. The fourth-order valence-corrected chi connectivity index (χ4v) is 2.24. The van der Waals surface area contributed by atoms with E-state index in [0.29, 0.717) is 5.92 Å². The van der Waals surface area contributed by atoms with Gasteiger partial charge in [0.2, 0.25) is 0 Å². The summed E-state index contributed by atoms with van der Waals surface area (Å²) in [5.41, 5.74) is 5.85. The zero-order chi connectivity index (χ0) is 11.4. The molecule has 0 saturated carbocycles. The highest BCUT2D eigenvalue weighted by Gasteiger charge is 2.11. The number of aryl methyl sites for hydroxylation is 3. The molecule has 0 spiro atoms. The monoisotopic (exact) mass is 202 g/mol.